The fraction of sp³-hybridized carbons (Fsp3) is 0.529. The number of allylic oxidation sites excluding steroid dienone is 2. The molecule has 20 heavy (non-hydrogen) atoms. The van der Waals surface area contributed by atoms with Crippen LogP contribution in [0.2, 0.25) is 0 Å². The van der Waals surface area contributed by atoms with E-state index < -0.39 is 5.54 Å². The molecule has 2 N–H and O–H groups in total. The Morgan fingerprint density at radius 1 is 1.25 bits per heavy atom. The molecule has 0 saturated carbocycles. The largest absolute Gasteiger partial charge is 0.633 e. The topological polar surface area (TPSA) is 39.5 Å². The van der Waals surface area contributed by atoms with Gasteiger partial charge in [0.15, 0.2) is 5.54 Å². The van der Waals surface area contributed by atoms with Crippen molar-refractivity contribution in [3.63, 3.8) is 0 Å². The first kappa shape index (κ1) is 12.6. The van der Waals surface area contributed by atoms with Gasteiger partial charge in [0.2, 0.25) is 0 Å². The lowest BCUT2D eigenvalue weighted by atomic mass is 9.71. The first-order chi connectivity index (χ1) is 9.55. The average molecular weight is 270 g/mol. The van der Waals surface area contributed by atoms with Gasteiger partial charge < -0.3 is 15.6 Å². The Morgan fingerprint density at radius 3 is 2.75 bits per heavy atom. The van der Waals surface area contributed by atoms with Crippen LogP contribution in [0.4, 0.5) is 0 Å². The Bertz CT molecular complexity index is 580. The molecule has 0 aromatic carbocycles. The molecule has 0 aromatic rings. The maximum absolute atomic E-state index is 12.8. The van der Waals surface area contributed by atoms with Crippen LogP contribution in [-0.4, -0.2) is 25.2 Å². The highest BCUT2D eigenvalue weighted by Crippen LogP contribution is 2.50. The second-order valence-electron chi connectivity index (χ2n) is 7.11. The average Bonchev–Trinajstić information content (AvgIpc) is 3.02. The van der Waals surface area contributed by atoms with Crippen molar-refractivity contribution in [2.75, 3.05) is 19.6 Å². The van der Waals surface area contributed by atoms with Gasteiger partial charge in [-0.3, -0.25) is 0 Å². The highest BCUT2D eigenvalue weighted by atomic mass is 16.5. The van der Waals surface area contributed by atoms with E-state index in [0.717, 1.165) is 25.9 Å². The number of hydroxylamine groups is 2. The summed E-state index contributed by atoms with van der Waals surface area (Å²) in [5.41, 5.74) is 5.51. The quantitative estimate of drug-likeness (QED) is 0.651. The van der Waals surface area contributed by atoms with Crippen molar-refractivity contribution in [2.45, 2.75) is 32.2 Å². The first-order valence-corrected chi connectivity index (χ1v) is 7.61. The summed E-state index contributed by atoms with van der Waals surface area (Å²) in [5.74, 6) is 0. The fourth-order valence-electron chi connectivity index (χ4n) is 4.50. The fourth-order valence-corrected chi connectivity index (χ4v) is 4.50. The van der Waals surface area contributed by atoms with Crippen molar-refractivity contribution in [3.05, 3.63) is 51.8 Å². The maximum Gasteiger partial charge on any atom is 0.158 e. The zero-order chi connectivity index (χ0) is 14.0. The van der Waals surface area contributed by atoms with Crippen LogP contribution < -0.4 is 10.4 Å². The molecular formula is C17H22N2O. The smallest absolute Gasteiger partial charge is 0.158 e. The third-order valence-corrected chi connectivity index (χ3v) is 5.40. The Kier molecular flexibility index (Phi) is 2.48. The van der Waals surface area contributed by atoms with Crippen molar-refractivity contribution < 1.29 is 5.06 Å². The van der Waals surface area contributed by atoms with E-state index in [2.05, 4.69) is 31.3 Å². The van der Waals surface area contributed by atoms with Crippen molar-refractivity contribution in [1.29, 1.82) is 0 Å². The van der Waals surface area contributed by atoms with E-state index in [1.807, 2.05) is 12.2 Å². The molecule has 1 atom stereocenters. The highest BCUT2D eigenvalue weighted by Gasteiger charge is 2.51. The van der Waals surface area contributed by atoms with Gasteiger partial charge in [-0.1, -0.05) is 31.6 Å². The minimum Gasteiger partial charge on any atom is -0.633 e. The molecule has 3 nitrogen and oxygen atoms in total. The van der Waals surface area contributed by atoms with Gasteiger partial charge in [-0.15, -0.1) is 0 Å². The van der Waals surface area contributed by atoms with Gasteiger partial charge in [0.25, 0.3) is 0 Å². The zero-order valence-corrected chi connectivity index (χ0v) is 12.3. The molecule has 2 aliphatic carbocycles. The van der Waals surface area contributed by atoms with Crippen LogP contribution in [0.3, 0.4) is 0 Å². The molecule has 0 amide bonds. The van der Waals surface area contributed by atoms with E-state index in [1.165, 1.54) is 16.7 Å². The van der Waals surface area contributed by atoms with E-state index in [1.54, 1.807) is 5.57 Å². The molecule has 4 aliphatic rings. The lowest BCUT2D eigenvalue weighted by molar-refractivity contribution is -0.890. The van der Waals surface area contributed by atoms with Gasteiger partial charge in [-0.25, -0.2) is 0 Å². The molecule has 4 rings (SSSR count). The molecule has 3 heteroatoms. The SMILES string of the molecule is CC1(C)C[NH+]([O-])C2(C=CC=C2)C2=C1C1=C(CCNC1)C2. The van der Waals surface area contributed by atoms with E-state index in [0.29, 0.717) is 11.6 Å². The molecule has 0 fully saturated rings. The van der Waals surface area contributed by atoms with Crippen LogP contribution in [0.25, 0.3) is 0 Å². The number of hydrogen-bond donors (Lipinski definition) is 2. The number of fused-ring (bicyclic) bond motifs is 2. The molecule has 2 aliphatic heterocycles. The molecular weight excluding hydrogens is 248 g/mol. The van der Waals surface area contributed by atoms with Crippen LogP contribution in [0.1, 0.15) is 26.7 Å². The summed E-state index contributed by atoms with van der Waals surface area (Å²) in [6.07, 6.45) is 10.5. The summed E-state index contributed by atoms with van der Waals surface area (Å²) in [6, 6.07) is 0. The Hall–Kier alpha value is -1.16. The predicted molar refractivity (Wildman–Crippen MR) is 80.1 cm³/mol. The van der Waals surface area contributed by atoms with Crippen molar-refractivity contribution in [2.24, 2.45) is 5.41 Å². The summed E-state index contributed by atoms with van der Waals surface area (Å²) in [7, 11) is 0. The molecule has 0 aromatic heterocycles. The van der Waals surface area contributed by atoms with Crippen molar-refractivity contribution >= 4 is 0 Å². The summed E-state index contributed by atoms with van der Waals surface area (Å²) in [4.78, 5) is 0. The maximum atomic E-state index is 12.8. The van der Waals surface area contributed by atoms with Crippen LogP contribution in [0, 0.1) is 10.6 Å². The Labute approximate surface area is 120 Å². The first-order valence-electron chi connectivity index (χ1n) is 7.61. The number of quaternary nitrogens is 1. The highest BCUT2D eigenvalue weighted by molar-refractivity contribution is 5.59. The normalized spacial score (nSPS) is 33.0. The second kappa shape index (κ2) is 3.94. The molecule has 1 spiro atoms. The standard InChI is InChI=1S/C17H22N2O/c1-16(2)11-19(20)17(6-3-4-7-17)14-9-12-5-8-18-10-13(12)15(14)16/h3-4,6-7,18-19H,5,8-11H2,1-2H3. The second-order valence-corrected chi connectivity index (χ2v) is 7.11. The third kappa shape index (κ3) is 1.46. The van der Waals surface area contributed by atoms with Crippen LogP contribution in [0.15, 0.2) is 46.6 Å². The van der Waals surface area contributed by atoms with Gasteiger partial charge in [0.05, 0.1) is 6.54 Å². The van der Waals surface area contributed by atoms with Gasteiger partial charge >= 0.3 is 0 Å². The number of hydrogen-bond acceptors (Lipinski definition) is 2. The minimum absolute atomic E-state index is 0.0158. The Morgan fingerprint density at radius 2 is 2.00 bits per heavy atom. The van der Waals surface area contributed by atoms with E-state index in [9.17, 15) is 5.21 Å². The monoisotopic (exact) mass is 270 g/mol. The summed E-state index contributed by atoms with van der Waals surface area (Å²) < 4.78 is 0. The van der Waals surface area contributed by atoms with Crippen molar-refractivity contribution in [3.8, 4) is 0 Å². The van der Waals surface area contributed by atoms with Gasteiger partial charge in [0, 0.05) is 17.5 Å². The van der Waals surface area contributed by atoms with E-state index >= 15 is 0 Å². The minimum atomic E-state index is -0.414. The lowest BCUT2D eigenvalue weighted by Crippen LogP contribution is -3.17. The van der Waals surface area contributed by atoms with Crippen molar-refractivity contribution in [1.82, 2.24) is 5.32 Å². The summed E-state index contributed by atoms with van der Waals surface area (Å²) in [6.45, 7) is 7.18. The summed E-state index contributed by atoms with van der Waals surface area (Å²) >= 11 is 0. The molecule has 106 valence electrons. The summed E-state index contributed by atoms with van der Waals surface area (Å²) in [5, 5.41) is 16.7. The molecule has 0 radical (unpaired) electrons. The number of rotatable bonds is 0. The third-order valence-electron chi connectivity index (χ3n) is 5.40. The molecule has 1 unspecified atom stereocenters. The van der Waals surface area contributed by atoms with Crippen LogP contribution >= 0.6 is 0 Å². The van der Waals surface area contributed by atoms with Crippen LogP contribution in [-0.2, 0) is 0 Å². The van der Waals surface area contributed by atoms with Crippen LogP contribution in [0.5, 0.6) is 0 Å². The molecule has 0 bridgehead atoms. The molecule has 2 heterocycles. The van der Waals surface area contributed by atoms with E-state index in [-0.39, 0.29) is 5.41 Å². The lowest BCUT2D eigenvalue weighted by Gasteiger charge is -2.49. The predicted octanol–water partition coefficient (Wildman–Crippen LogP) is 1.26. The Balaban J connectivity index is 1.91. The molecule has 0 saturated heterocycles. The van der Waals surface area contributed by atoms with Gasteiger partial charge in [0.1, 0.15) is 0 Å². The zero-order valence-electron chi connectivity index (χ0n) is 12.3. The van der Waals surface area contributed by atoms with Gasteiger partial charge in [-0.05, 0) is 42.7 Å². The number of nitrogens with one attached hydrogen (secondary N) is 2. The van der Waals surface area contributed by atoms with Gasteiger partial charge in [-0.2, -0.15) is 0 Å². The van der Waals surface area contributed by atoms with E-state index in [4.69, 9.17) is 0 Å².